The number of rotatable bonds is 9. The minimum Gasteiger partial charge on any atom is -0.494 e. The summed E-state index contributed by atoms with van der Waals surface area (Å²) in [4.78, 5) is 23.9. The van der Waals surface area contributed by atoms with E-state index in [1.54, 1.807) is 45.5 Å². The van der Waals surface area contributed by atoms with Gasteiger partial charge in [0.25, 0.3) is 0 Å². The van der Waals surface area contributed by atoms with E-state index in [0.717, 1.165) is 11.1 Å². The van der Waals surface area contributed by atoms with Gasteiger partial charge in [-0.3, -0.25) is 9.59 Å². The number of hydrogen-bond acceptors (Lipinski definition) is 6. The zero-order valence-corrected chi connectivity index (χ0v) is 21.7. The van der Waals surface area contributed by atoms with Crippen LogP contribution in [0.2, 0.25) is 5.02 Å². The highest BCUT2D eigenvalue weighted by atomic mass is 35.5. The van der Waals surface area contributed by atoms with Crippen LogP contribution in [0.1, 0.15) is 49.8 Å². The van der Waals surface area contributed by atoms with Gasteiger partial charge in [-0.2, -0.15) is 0 Å². The molecule has 0 saturated carbocycles. The number of ether oxygens (including phenoxy) is 2. The summed E-state index contributed by atoms with van der Waals surface area (Å²) in [6.45, 7) is 6.38. The Morgan fingerprint density at radius 3 is 2.32 bits per heavy atom. The van der Waals surface area contributed by atoms with Gasteiger partial charge in [-0.25, -0.2) is 0 Å². The second-order valence-corrected chi connectivity index (χ2v) is 9.18. The number of nitrogens with one attached hydrogen (secondary N) is 1. The average molecular weight is 494 g/mol. The van der Waals surface area contributed by atoms with Crippen molar-refractivity contribution < 1.29 is 24.2 Å². The lowest BCUT2D eigenvalue weighted by molar-refractivity contribution is -0.137. The molecule has 0 aliphatic rings. The van der Waals surface area contributed by atoms with Gasteiger partial charge in [0.1, 0.15) is 5.75 Å². The standard InChI is InChI=1S/C20H24ClN3O4.C5H12O/c1-23-20-17(22)7-13(8-18(20)28-3)15(9-19(26)27)12-4-5-16(21)14(6-12)10-24(2)11-25;1-5(2,3)6-4/h4-8,11,15,23H,9-10,22H2,1-3H3,(H,26,27);1-4H3. The van der Waals surface area contributed by atoms with Crippen LogP contribution >= 0.6 is 11.6 Å². The maximum atomic E-state index is 11.5. The quantitative estimate of drug-likeness (QED) is 0.345. The van der Waals surface area contributed by atoms with Gasteiger partial charge in [0.2, 0.25) is 6.41 Å². The van der Waals surface area contributed by atoms with E-state index < -0.39 is 11.9 Å². The molecule has 0 bridgehead atoms. The highest BCUT2D eigenvalue weighted by Crippen LogP contribution is 2.38. The van der Waals surface area contributed by atoms with Gasteiger partial charge in [-0.1, -0.05) is 23.7 Å². The van der Waals surface area contributed by atoms with Gasteiger partial charge in [-0.05, 0) is 55.7 Å². The first-order chi connectivity index (χ1) is 15.9. The molecule has 4 N–H and O–H groups in total. The maximum absolute atomic E-state index is 11.5. The van der Waals surface area contributed by atoms with Gasteiger partial charge in [0.05, 0.1) is 30.5 Å². The van der Waals surface area contributed by atoms with Crippen molar-refractivity contribution in [1.29, 1.82) is 0 Å². The lowest BCUT2D eigenvalue weighted by Crippen LogP contribution is -2.16. The second kappa shape index (κ2) is 13.1. The number of carbonyl (C=O) groups excluding carboxylic acids is 1. The molecule has 2 aromatic rings. The van der Waals surface area contributed by atoms with Crippen LogP contribution in [0.4, 0.5) is 11.4 Å². The predicted octanol–water partition coefficient (Wildman–Crippen LogP) is 4.60. The van der Waals surface area contributed by atoms with Crippen LogP contribution in [0.15, 0.2) is 30.3 Å². The summed E-state index contributed by atoms with van der Waals surface area (Å²) in [5.41, 5.74) is 9.49. The van der Waals surface area contributed by atoms with Gasteiger partial charge < -0.3 is 30.5 Å². The van der Waals surface area contributed by atoms with Crippen LogP contribution in [0.3, 0.4) is 0 Å². The Morgan fingerprint density at radius 1 is 1.24 bits per heavy atom. The van der Waals surface area contributed by atoms with Gasteiger partial charge >= 0.3 is 5.97 Å². The number of halogens is 1. The average Bonchev–Trinajstić information content (AvgIpc) is 2.78. The van der Waals surface area contributed by atoms with Crippen molar-refractivity contribution >= 4 is 35.4 Å². The molecule has 1 unspecified atom stereocenters. The molecule has 2 rings (SSSR count). The number of aliphatic carboxylic acids is 1. The van der Waals surface area contributed by atoms with Crippen molar-refractivity contribution in [2.24, 2.45) is 0 Å². The molecule has 1 atom stereocenters. The van der Waals surface area contributed by atoms with E-state index in [0.29, 0.717) is 40.7 Å². The Balaban J connectivity index is 0.000000852. The van der Waals surface area contributed by atoms with E-state index in [1.165, 1.54) is 12.0 Å². The van der Waals surface area contributed by atoms with E-state index >= 15 is 0 Å². The number of carbonyl (C=O) groups is 2. The number of anilines is 2. The Hall–Kier alpha value is -2.97. The molecule has 9 heteroatoms. The SMILES string of the molecule is CNc1c(N)cc(C(CC(=O)O)c2ccc(Cl)c(CN(C)C=O)c2)cc1OC.COC(C)(C)C. The van der Waals surface area contributed by atoms with Crippen LogP contribution in [0.25, 0.3) is 0 Å². The number of carboxylic acid groups (broad SMARTS) is 1. The summed E-state index contributed by atoms with van der Waals surface area (Å²) in [5.74, 6) is -0.873. The third-order valence-electron chi connectivity index (χ3n) is 5.09. The first-order valence-electron chi connectivity index (χ1n) is 10.7. The Labute approximate surface area is 207 Å². The second-order valence-electron chi connectivity index (χ2n) is 8.78. The molecule has 0 saturated heterocycles. The fourth-order valence-electron chi connectivity index (χ4n) is 3.13. The minimum absolute atomic E-state index is 0.0417. The molecule has 0 spiro atoms. The zero-order valence-electron chi connectivity index (χ0n) is 20.9. The summed E-state index contributed by atoms with van der Waals surface area (Å²) < 4.78 is 10.3. The number of amides is 1. The molecule has 34 heavy (non-hydrogen) atoms. The van der Waals surface area contributed by atoms with E-state index in [9.17, 15) is 14.7 Å². The molecule has 2 aromatic carbocycles. The highest BCUT2D eigenvalue weighted by Gasteiger charge is 2.22. The fourth-order valence-corrected chi connectivity index (χ4v) is 3.31. The lowest BCUT2D eigenvalue weighted by Gasteiger charge is -2.21. The number of nitrogens with zero attached hydrogens (tertiary/aromatic N) is 1. The fraction of sp³-hybridized carbons (Fsp3) is 0.440. The van der Waals surface area contributed by atoms with E-state index in [-0.39, 0.29) is 12.0 Å². The van der Waals surface area contributed by atoms with Crippen molar-refractivity contribution in [2.45, 2.75) is 45.3 Å². The molecule has 0 fully saturated rings. The minimum atomic E-state index is -0.943. The normalized spacial score (nSPS) is 11.6. The van der Waals surface area contributed by atoms with E-state index in [4.69, 9.17) is 26.8 Å². The van der Waals surface area contributed by atoms with Gasteiger partial charge in [-0.15, -0.1) is 0 Å². The van der Waals surface area contributed by atoms with Crippen molar-refractivity contribution in [2.75, 3.05) is 39.4 Å². The van der Waals surface area contributed by atoms with E-state index in [1.807, 2.05) is 26.8 Å². The molecule has 0 aliphatic heterocycles. The van der Waals surface area contributed by atoms with Crippen LogP contribution in [0, 0.1) is 0 Å². The molecular weight excluding hydrogens is 458 g/mol. The van der Waals surface area contributed by atoms with Crippen molar-refractivity contribution in [3.8, 4) is 5.75 Å². The van der Waals surface area contributed by atoms with Crippen LogP contribution in [-0.2, 0) is 20.9 Å². The summed E-state index contributed by atoms with van der Waals surface area (Å²) in [7, 11) is 6.62. The summed E-state index contributed by atoms with van der Waals surface area (Å²) in [6.07, 6.45) is 0.575. The topological polar surface area (TPSA) is 114 Å². The number of hydrogen-bond donors (Lipinski definition) is 3. The number of methoxy groups -OCH3 is 2. The molecular formula is C25H36ClN3O5. The molecule has 0 radical (unpaired) electrons. The van der Waals surface area contributed by atoms with Gasteiger partial charge in [0, 0.05) is 38.7 Å². The third kappa shape index (κ3) is 8.76. The third-order valence-corrected chi connectivity index (χ3v) is 5.46. The maximum Gasteiger partial charge on any atom is 0.304 e. The summed E-state index contributed by atoms with van der Waals surface area (Å²) >= 11 is 6.26. The number of carboxylic acids is 1. The first-order valence-corrected chi connectivity index (χ1v) is 11.1. The number of benzene rings is 2. The number of nitrogen functional groups attached to an aromatic ring is 1. The smallest absolute Gasteiger partial charge is 0.304 e. The molecule has 0 heterocycles. The predicted molar refractivity (Wildman–Crippen MR) is 137 cm³/mol. The Bertz CT molecular complexity index is 976. The monoisotopic (exact) mass is 493 g/mol. The highest BCUT2D eigenvalue weighted by molar-refractivity contribution is 6.31. The lowest BCUT2D eigenvalue weighted by atomic mass is 9.87. The molecule has 1 amide bonds. The molecule has 8 nitrogen and oxygen atoms in total. The Morgan fingerprint density at radius 2 is 1.85 bits per heavy atom. The van der Waals surface area contributed by atoms with Crippen LogP contribution in [-0.4, -0.2) is 56.3 Å². The van der Waals surface area contributed by atoms with Crippen molar-refractivity contribution in [1.82, 2.24) is 4.90 Å². The van der Waals surface area contributed by atoms with Gasteiger partial charge in [0.15, 0.2) is 0 Å². The van der Waals surface area contributed by atoms with Crippen LogP contribution in [0.5, 0.6) is 5.75 Å². The summed E-state index contributed by atoms with van der Waals surface area (Å²) in [5, 5.41) is 12.9. The Kier molecular flexibility index (Phi) is 11.2. The van der Waals surface area contributed by atoms with Crippen molar-refractivity contribution in [3.05, 3.63) is 52.0 Å². The summed E-state index contributed by atoms with van der Waals surface area (Å²) in [6, 6.07) is 8.84. The number of nitrogens with two attached hydrogens (primary N) is 1. The zero-order chi connectivity index (χ0) is 26.1. The first kappa shape index (κ1) is 29.1. The van der Waals surface area contributed by atoms with Crippen LogP contribution < -0.4 is 15.8 Å². The largest absolute Gasteiger partial charge is 0.494 e. The van der Waals surface area contributed by atoms with Crippen molar-refractivity contribution in [3.63, 3.8) is 0 Å². The van der Waals surface area contributed by atoms with E-state index in [2.05, 4.69) is 5.32 Å². The molecule has 0 aromatic heterocycles. The molecule has 0 aliphatic carbocycles. The molecule has 188 valence electrons.